The minimum atomic E-state index is -0.169. The molecule has 22 heavy (non-hydrogen) atoms. The van der Waals surface area contributed by atoms with Gasteiger partial charge in [-0.1, -0.05) is 0 Å². The first-order valence-electron chi connectivity index (χ1n) is 7.12. The molecule has 1 unspecified atom stereocenters. The fourth-order valence-corrected chi connectivity index (χ4v) is 2.13. The average Bonchev–Trinajstić information content (AvgIpc) is 2.51. The van der Waals surface area contributed by atoms with Crippen LogP contribution in [0.4, 0.5) is 0 Å². The summed E-state index contributed by atoms with van der Waals surface area (Å²) in [4.78, 5) is 11.8. The zero-order valence-electron chi connectivity index (χ0n) is 13.9. The van der Waals surface area contributed by atoms with E-state index in [2.05, 4.69) is 5.32 Å². The van der Waals surface area contributed by atoms with Crippen molar-refractivity contribution in [3.05, 3.63) is 23.3 Å². The Hall–Kier alpha value is -1.79. The zero-order valence-corrected chi connectivity index (χ0v) is 13.9. The number of aryl methyl sites for hydroxylation is 1. The molecule has 0 aliphatic rings. The fourth-order valence-electron chi connectivity index (χ4n) is 2.13. The van der Waals surface area contributed by atoms with Gasteiger partial charge >= 0.3 is 0 Å². The van der Waals surface area contributed by atoms with E-state index in [1.54, 1.807) is 21.3 Å². The van der Waals surface area contributed by atoms with Gasteiger partial charge in [-0.05, 0) is 37.1 Å². The van der Waals surface area contributed by atoms with Gasteiger partial charge in [0.1, 0.15) is 6.61 Å². The SMILES string of the molecule is COCCOCC(=O)NC(C)c1cc(OC)c(OC)cc1C. The molecule has 0 saturated heterocycles. The Balaban J connectivity index is 2.68. The molecule has 6 nitrogen and oxygen atoms in total. The summed E-state index contributed by atoms with van der Waals surface area (Å²) in [5.74, 6) is 1.14. The second-order valence-electron chi connectivity index (χ2n) is 4.90. The Morgan fingerprint density at radius 3 is 2.36 bits per heavy atom. The van der Waals surface area contributed by atoms with Crippen molar-refractivity contribution in [2.24, 2.45) is 0 Å². The van der Waals surface area contributed by atoms with Crippen LogP contribution in [0.5, 0.6) is 11.5 Å². The minimum Gasteiger partial charge on any atom is -0.493 e. The number of hydrogen-bond donors (Lipinski definition) is 1. The van der Waals surface area contributed by atoms with Crippen molar-refractivity contribution >= 4 is 5.91 Å². The number of hydrogen-bond acceptors (Lipinski definition) is 5. The first-order chi connectivity index (χ1) is 10.5. The first kappa shape index (κ1) is 18.3. The van der Waals surface area contributed by atoms with Crippen molar-refractivity contribution in [3.8, 4) is 11.5 Å². The van der Waals surface area contributed by atoms with E-state index in [1.807, 2.05) is 26.0 Å². The molecule has 0 heterocycles. The molecule has 1 amide bonds. The molecule has 1 aromatic rings. The molecule has 1 atom stereocenters. The van der Waals surface area contributed by atoms with Gasteiger partial charge in [0.15, 0.2) is 11.5 Å². The van der Waals surface area contributed by atoms with Gasteiger partial charge in [-0.3, -0.25) is 4.79 Å². The number of carbonyl (C=O) groups excluding carboxylic acids is 1. The second-order valence-corrected chi connectivity index (χ2v) is 4.90. The maximum Gasteiger partial charge on any atom is 0.246 e. The molecule has 1 N–H and O–H groups in total. The van der Waals surface area contributed by atoms with Crippen LogP contribution in [0.25, 0.3) is 0 Å². The number of rotatable bonds is 9. The number of nitrogens with one attached hydrogen (secondary N) is 1. The van der Waals surface area contributed by atoms with Crippen LogP contribution in [-0.2, 0) is 14.3 Å². The van der Waals surface area contributed by atoms with E-state index < -0.39 is 0 Å². The predicted octanol–water partition coefficient (Wildman–Crippen LogP) is 1.85. The largest absolute Gasteiger partial charge is 0.493 e. The Bertz CT molecular complexity index is 490. The van der Waals surface area contributed by atoms with E-state index in [-0.39, 0.29) is 18.6 Å². The molecule has 0 saturated carbocycles. The number of carbonyl (C=O) groups is 1. The monoisotopic (exact) mass is 311 g/mol. The summed E-state index contributed by atoms with van der Waals surface area (Å²) in [6.07, 6.45) is 0. The third-order valence-electron chi connectivity index (χ3n) is 3.28. The van der Waals surface area contributed by atoms with E-state index in [0.29, 0.717) is 24.7 Å². The third kappa shape index (κ3) is 5.20. The van der Waals surface area contributed by atoms with Crippen LogP contribution in [-0.4, -0.2) is 47.1 Å². The summed E-state index contributed by atoms with van der Waals surface area (Å²) in [6, 6.07) is 3.62. The molecule has 6 heteroatoms. The Morgan fingerprint density at radius 2 is 1.77 bits per heavy atom. The van der Waals surface area contributed by atoms with E-state index >= 15 is 0 Å². The second kappa shape index (κ2) is 9.27. The van der Waals surface area contributed by atoms with Gasteiger partial charge in [-0.15, -0.1) is 0 Å². The van der Waals surface area contributed by atoms with Gasteiger partial charge in [0.2, 0.25) is 5.91 Å². The normalized spacial score (nSPS) is 11.9. The van der Waals surface area contributed by atoms with Crippen LogP contribution in [0.1, 0.15) is 24.1 Å². The Labute approximate surface area is 131 Å². The molecule has 0 aromatic heterocycles. The minimum absolute atomic E-state index is 0.0139. The third-order valence-corrected chi connectivity index (χ3v) is 3.28. The molecular weight excluding hydrogens is 286 g/mol. The lowest BCUT2D eigenvalue weighted by molar-refractivity contribution is -0.126. The van der Waals surface area contributed by atoms with Crippen molar-refractivity contribution in [2.45, 2.75) is 19.9 Å². The van der Waals surface area contributed by atoms with E-state index in [1.165, 1.54) is 0 Å². The number of amides is 1. The molecule has 0 fully saturated rings. The van der Waals surface area contributed by atoms with Crippen LogP contribution >= 0.6 is 0 Å². The highest BCUT2D eigenvalue weighted by atomic mass is 16.5. The van der Waals surface area contributed by atoms with Gasteiger partial charge in [0.05, 0.1) is 33.5 Å². The summed E-state index contributed by atoms with van der Waals surface area (Å²) in [7, 11) is 4.77. The Morgan fingerprint density at radius 1 is 1.14 bits per heavy atom. The smallest absolute Gasteiger partial charge is 0.246 e. The lowest BCUT2D eigenvalue weighted by atomic mass is 10.0. The van der Waals surface area contributed by atoms with E-state index in [9.17, 15) is 4.79 Å². The van der Waals surface area contributed by atoms with Crippen molar-refractivity contribution in [1.82, 2.24) is 5.32 Å². The quantitative estimate of drug-likeness (QED) is 0.705. The molecule has 0 radical (unpaired) electrons. The topological polar surface area (TPSA) is 66.0 Å². The van der Waals surface area contributed by atoms with Crippen molar-refractivity contribution in [2.75, 3.05) is 41.2 Å². The lowest BCUT2D eigenvalue weighted by Gasteiger charge is -2.19. The highest BCUT2D eigenvalue weighted by Gasteiger charge is 2.15. The average molecular weight is 311 g/mol. The lowest BCUT2D eigenvalue weighted by Crippen LogP contribution is -2.31. The van der Waals surface area contributed by atoms with E-state index in [4.69, 9.17) is 18.9 Å². The summed E-state index contributed by atoms with van der Waals surface area (Å²) in [5.41, 5.74) is 1.99. The van der Waals surface area contributed by atoms with Crippen LogP contribution < -0.4 is 14.8 Å². The zero-order chi connectivity index (χ0) is 16.5. The number of ether oxygens (including phenoxy) is 4. The standard InChI is InChI=1S/C16H25NO5/c1-11-8-14(20-4)15(21-5)9-13(11)12(2)17-16(18)10-22-7-6-19-3/h8-9,12H,6-7,10H2,1-5H3,(H,17,18). The molecule has 1 aromatic carbocycles. The molecule has 0 bridgehead atoms. The van der Waals surface area contributed by atoms with Crippen LogP contribution in [0.2, 0.25) is 0 Å². The van der Waals surface area contributed by atoms with Gasteiger partial charge in [0.25, 0.3) is 0 Å². The van der Waals surface area contributed by atoms with Crippen molar-refractivity contribution in [3.63, 3.8) is 0 Å². The highest BCUT2D eigenvalue weighted by molar-refractivity contribution is 5.77. The van der Waals surface area contributed by atoms with Crippen LogP contribution in [0.3, 0.4) is 0 Å². The number of benzene rings is 1. The molecule has 1 rings (SSSR count). The van der Waals surface area contributed by atoms with Crippen LogP contribution in [0, 0.1) is 6.92 Å². The maximum atomic E-state index is 11.8. The van der Waals surface area contributed by atoms with Gasteiger partial charge in [0, 0.05) is 7.11 Å². The van der Waals surface area contributed by atoms with Gasteiger partial charge < -0.3 is 24.3 Å². The summed E-state index contributed by atoms with van der Waals surface area (Å²) in [5, 5.41) is 2.90. The summed E-state index contributed by atoms with van der Waals surface area (Å²) < 4.78 is 20.6. The first-order valence-corrected chi connectivity index (χ1v) is 7.12. The van der Waals surface area contributed by atoms with Gasteiger partial charge in [-0.2, -0.15) is 0 Å². The maximum absolute atomic E-state index is 11.8. The van der Waals surface area contributed by atoms with Crippen molar-refractivity contribution in [1.29, 1.82) is 0 Å². The van der Waals surface area contributed by atoms with Gasteiger partial charge in [-0.25, -0.2) is 0 Å². The fraction of sp³-hybridized carbons (Fsp3) is 0.562. The highest BCUT2D eigenvalue weighted by Crippen LogP contribution is 2.32. The number of methoxy groups -OCH3 is 3. The van der Waals surface area contributed by atoms with Crippen molar-refractivity contribution < 1.29 is 23.7 Å². The predicted molar refractivity (Wildman–Crippen MR) is 83.5 cm³/mol. The summed E-state index contributed by atoms with van der Waals surface area (Å²) >= 11 is 0. The molecule has 0 aliphatic carbocycles. The molecule has 0 aliphatic heterocycles. The molecular formula is C16H25NO5. The molecule has 124 valence electrons. The van der Waals surface area contributed by atoms with E-state index in [0.717, 1.165) is 11.1 Å². The summed E-state index contributed by atoms with van der Waals surface area (Å²) in [6.45, 7) is 4.77. The Kier molecular flexibility index (Phi) is 7.70. The van der Waals surface area contributed by atoms with Crippen LogP contribution in [0.15, 0.2) is 12.1 Å². The molecule has 0 spiro atoms.